The van der Waals surface area contributed by atoms with Crippen molar-refractivity contribution in [1.82, 2.24) is 66.2 Å². The van der Waals surface area contributed by atoms with E-state index in [9.17, 15) is 38.4 Å². The van der Waals surface area contributed by atoms with Crippen LogP contribution in [-0.4, -0.2) is 186 Å². The highest BCUT2D eigenvalue weighted by Crippen LogP contribution is 2.30. The number of halogens is 1. The maximum absolute atomic E-state index is 12.7. The molecule has 2 aromatic carbocycles. The number of aromatic nitrogens is 10. The molecule has 0 bridgehead atoms. The fourth-order valence-corrected chi connectivity index (χ4v) is 9.23. The third-order valence-corrected chi connectivity index (χ3v) is 13.9. The van der Waals surface area contributed by atoms with E-state index in [1.165, 1.54) is 14.7 Å². The van der Waals surface area contributed by atoms with Gasteiger partial charge in [-0.25, -0.2) is 39.3 Å². The number of anilines is 3. The van der Waals surface area contributed by atoms with Gasteiger partial charge < -0.3 is 55.2 Å². The van der Waals surface area contributed by atoms with Crippen LogP contribution in [0.15, 0.2) is 134 Å². The molecule has 0 aliphatic carbocycles. The number of nitrogens with one attached hydrogen (secondary N) is 5. The number of Topliss-reactive ketones (excluding diaryl/α,β-unsaturated/α-hetero) is 1. The lowest BCUT2D eigenvalue weighted by atomic mass is 10.1. The summed E-state index contributed by atoms with van der Waals surface area (Å²) in [7, 11) is 4.82. The molecule has 4 aliphatic heterocycles. The van der Waals surface area contributed by atoms with Crippen molar-refractivity contribution >= 4 is 77.4 Å². The van der Waals surface area contributed by atoms with Crippen molar-refractivity contribution < 1.29 is 71.9 Å². The zero-order valence-corrected chi connectivity index (χ0v) is 56.3. The molecule has 8 N–H and O–H groups in total. The molecule has 0 spiro atoms. The number of ketones is 1. The zero-order chi connectivity index (χ0) is 70.7. The summed E-state index contributed by atoms with van der Waals surface area (Å²) in [6.45, 7) is 10.8. The average Bonchev–Trinajstić information content (AvgIpc) is 1.73. The van der Waals surface area contributed by atoms with E-state index < -0.39 is 59.4 Å². The van der Waals surface area contributed by atoms with E-state index in [0.717, 1.165) is 11.1 Å². The van der Waals surface area contributed by atoms with E-state index in [1.807, 2.05) is 60.7 Å². The number of nitrogens with zero attached hydrogens (tertiary/aromatic N) is 11. The number of carboxylic acid groups (broad SMARTS) is 1. The number of pyridine rings is 4. The topological polar surface area (TPSA) is 419 Å². The van der Waals surface area contributed by atoms with Crippen LogP contribution in [0.5, 0.6) is 23.0 Å². The molecule has 8 aromatic rings. The number of hydrogen-bond acceptors (Lipinski definition) is 23. The Kier molecular flexibility index (Phi) is 25.9. The Labute approximate surface area is 574 Å². The number of rotatable bonds is 9. The molecular weight excluding hydrogens is 1310 g/mol. The van der Waals surface area contributed by atoms with Gasteiger partial charge in [0, 0.05) is 58.8 Å². The smallest absolute Gasteiger partial charge is 0.408 e. The van der Waals surface area contributed by atoms with Crippen LogP contribution in [0.25, 0.3) is 0 Å². The number of amides is 6. The summed E-state index contributed by atoms with van der Waals surface area (Å²) in [5.74, 6) is 1.78. The summed E-state index contributed by atoms with van der Waals surface area (Å²) in [5, 5.41) is 29.2. The Morgan fingerprint density at radius 2 is 0.909 bits per heavy atom. The van der Waals surface area contributed by atoms with Crippen LogP contribution in [0.2, 0.25) is 0 Å². The van der Waals surface area contributed by atoms with Crippen LogP contribution in [0.4, 0.5) is 27.0 Å². The molecule has 0 fully saturated rings. The molecular formula is C66H76ClN17O15. The maximum Gasteiger partial charge on any atom is 0.408 e. The minimum atomic E-state index is -1.12. The number of aromatic amines is 2. The first-order valence-corrected chi connectivity index (χ1v) is 30.5. The molecule has 33 heteroatoms. The number of H-pyrrole nitrogens is 2. The third-order valence-electron chi connectivity index (χ3n) is 13.9. The van der Waals surface area contributed by atoms with Gasteiger partial charge in [-0.1, -0.05) is 60.7 Å². The number of carboxylic acids is 1. The molecule has 0 saturated heterocycles. The molecule has 522 valence electrons. The third kappa shape index (κ3) is 21.7. The number of nitrogens with two attached hydrogens (primary N) is 1. The van der Waals surface area contributed by atoms with Crippen LogP contribution < -0.4 is 55.3 Å². The standard InChI is InChI=1S/C19H18N6O3.C14H19N3O4.C14H18N2O4.C10H9N3O2.C9H11N3O2.ClH/c1-25-17-14(8-5-9-20-17)28-11-13(19(25)27)21-18(26)16-22-15(23-24-16)10-12-6-3-2-4-7-12;1-14(2,3)21-13(19)16-9-8-20-10-6-5-7-15-11(10)17(4)12(9)18;1-14(2,3)20-13(18)16-10-8-19-12-5-4-6-15-9(12)7-11(10)17;14-10(15)9-11-8(12-13-9)6-7-4-2-1-3-5-7;1-12-8-7(3-2-4-11-8)14-5-6(10)9(12)13;/h2-9,13H,10-11H2,1H3,(H,21,26)(H,22,23,24);5-7,9H,8H2,1-4H3,(H,16,19);4-6,10H,7-8H2,1-3H3,(H,16,18);1-5H,6H2,(H,14,15)(H,11,12,13);2-4,6H,5,10H2,1H3;1H/t13-;9-;10-;;6-;/m000.0./s1. The van der Waals surface area contributed by atoms with Crippen molar-refractivity contribution in [3.8, 4) is 23.0 Å². The molecule has 0 unspecified atom stereocenters. The second kappa shape index (κ2) is 34.3. The summed E-state index contributed by atoms with van der Waals surface area (Å²) < 4.78 is 32.3. The molecule has 6 amide bonds. The van der Waals surface area contributed by atoms with Gasteiger partial charge in [-0.05, 0) is 101 Å². The van der Waals surface area contributed by atoms with Crippen LogP contribution in [0.3, 0.4) is 0 Å². The van der Waals surface area contributed by atoms with Crippen molar-refractivity contribution in [3.63, 3.8) is 0 Å². The van der Waals surface area contributed by atoms with Crippen molar-refractivity contribution in [2.75, 3.05) is 62.3 Å². The van der Waals surface area contributed by atoms with Gasteiger partial charge in [0.25, 0.3) is 23.5 Å². The van der Waals surface area contributed by atoms with Crippen LogP contribution >= 0.6 is 12.4 Å². The van der Waals surface area contributed by atoms with Crippen LogP contribution in [0, 0.1) is 0 Å². The Hall–Kier alpha value is -11.7. The molecule has 0 saturated carbocycles. The molecule has 0 radical (unpaired) electrons. The SMILES string of the molecule is CC(C)(C)OC(=O)N[C@H]1COc2cccnc2CC1=O.CN1C(=O)[C@@H](N)COc2cccnc21.CN1C(=O)[C@@H](NC(=O)OC(C)(C)C)COc2cccnc21.CN1C(=O)[C@@H](NC(=O)c2n[nH]c(Cc3ccccc3)n2)COc2cccnc21.Cl.O=C(O)c1n[nH]c(Cc2ccccc2)n1. The fourth-order valence-electron chi connectivity index (χ4n) is 9.23. The molecule has 4 atom stereocenters. The average molecular weight is 1380 g/mol. The lowest BCUT2D eigenvalue weighted by Gasteiger charge is -2.23. The van der Waals surface area contributed by atoms with Crippen LogP contribution in [0.1, 0.15) is 91.2 Å². The van der Waals surface area contributed by atoms with Gasteiger partial charge in [-0.3, -0.25) is 53.9 Å². The summed E-state index contributed by atoms with van der Waals surface area (Å²) in [6, 6.07) is 30.3. The Balaban J connectivity index is 0.000000177. The fraction of sp³-hybridized carbons (Fsp3) is 0.333. The van der Waals surface area contributed by atoms with Crippen molar-refractivity contribution in [2.45, 2.75) is 96.2 Å². The highest BCUT2D eigenvalue weighted by atomic mass is 35.5. The molecule has 32 nitrogen and oxygen atoms in total. The highest BCUT2D eigenvalue weighted by Gasteiger charge is 2.35. The molecule has 10 heterocycles. The van der Waals surface area contributed by atoms with Gasteiger partial charge >= 0.3 is 18.2 Å². The predicted octanol–water partition coefficient (Wildman–Crippen LogP) is 5.03. The number of carbonyl (C=O) groups is 8. The van der Waals surface area contributed by atoms with E-state index in [1.54, 1.807) is 136 Å². The van der Waals surface area contributed by atoms with Crippen LogP contribution in [-0.2, 0) is 47.9 Å². The number of alkyl carbamates (subject to hydrolysis) is 2. The van der Waals surface area contributed by atoms with Crippen molar-refractivity contribution in [2.24, 2.45) is 5.73 Å². The van der Waals surface area contributed by atoms with Gasteiger partial charge in [0.05, 0.1) is 12.1 Å². The number of carbonyl (C=O) groups excluding carboxylic acids is 7. The van der Waals surface area contributed by atoms with E-state index >= 15 is 0 Å². The molecule has 99 heavy (non-hydrogen) atoms. The normalized spacial score (nSPS) is 16.7. The largest absolute Gasteiger partial charge is 0.489 e. The summed E-state index contributed by atoms with van der Waals surface area (Å²) in [4.78, 5) is 124. The number of likely N-dealkylation sites (N-methyl/N-ethyl adjacent to an activating group) is 3. The number of benzene rings is 2. The number of ether oxygens (including phenoxy) is 6. The number of fused-ring (bicyclic) bond motifs is 4. The van der Waals surface area contributed by atoms with Gasteiger partial charge in [-0.2, -0.15) is 0 Å². The van der Waals surface area contributed by atoms with Crippen molar-refractivity contribution in [3.05, 3.63) is 174 Å². The van der Waals surface area contributed by atoms with Gasteiger partial charge in [-0.15, -0.1) is 22.6 Å². The quantitative estimate of drug-likeness (QED) is 0.0995. The summed E-state index contributed by atoms with van der Waals surface area (Å²) >= 11 is 0. The lowest BCUT2D eigenvalue weighted by Crippen LogP contribution is -2.50. The first kappa shape index (κ1) is 74.7. The summed E-state index contributed by atoms with van der Waals surface area (Å²) in [6.07, 6.45) is 6.31. The predicted molar refractivity (Wildman–Crippen MR) is 359 cm³/mol. The first-order valence-electron chi connectivity index (χ1n) is 30.5. The number of aromatic carboxylic acids is 1. The monoisotopic (exact) mass is 1380 g/mol. The Morgan fingerprint density at radius 1 is 0.525 bits per heavy atom. The molecule has 12 rings (SSSR count). The van der Waals surface area contributed by atoms with Gasteiger partial charge in [0.1, 0.15) is 79.2 Å². The van der Waals surface area contributed by atoms with Gasteiger partial charge in [0.15, 0.2) is 40.5 Å². The molecule has 4 aliphatic rings. The first-order chi connectivity index (χ1) is 46.7. The van der Waals surface area contributed by atoms with E-state index in [0.29, 0.717) is 70.6 Å². The maximum atomic E-state index is 12.7. The second-order valence-electron chi connectivity index (χ2n) is 23.9. The van der Waals surface area contributed by atoms with E-state index in [4.69, 9.17) is 39.3 Å². The molecule has 6 aromatic heterocycles. The zero-order valence-electron chi connectivity index (χ0n) is 55.5. The van der Waals surface area contributed by atoms with Gasteiger partial charge in [0.2, 0.25) is 11.7 Å². The second-order valence-corrected chi connectivity index (χ2v) is 23.9. The van der Waals surface area contributed by atoms with E-state index in [-0.39, 0.29) is 80.4 Å². The minimum Gasteiger partial charge on any atom is -0.489 e. The highest BCUT2D eigenvalue weighted by molar-refractivity contribution is 6.02. The minimum absolute atomic E-state index is 0. The Morgan fingerprint density at radius 3 is 1.36 bits per heavy atom. The Bertz CT molecular complexity index is 4100. The summed E-state index contributed by atoms with van der Waals surface area (Å²) in [5.41, 5.74) is 7.06. The number of hydrogen-bond donors (Lipinski definition) is 7. The lowest BCUT2D eigenvalue weighted by molar-refractivity contribution is -0.121. The van der Waals surface area contributed by atoms with Crippen molar-refractivity contribution in [1.29, 1.82) is 0 Å². The van der Waals surface area contributed by atoms with E-state index in [2.05, 4.69) is 66.2 Å².